The van der Waals surface area contributed by atoms with Crippen molar-refractivity contribution in [2.75, 3.05) is 47.3 Å². The first-order chi connectivity index (χ1) is 9.67. The maximum Gasteiger partial charge on any atom is 0.0348 e. The highest BCUT2D eigenvalue weighted by molar-refractivity contribution is 4.96. The third-order valence-electron chi connectivity index (χ3n) is 5.94. The Morgan fingerprint density at radius 2 is 1.75 bits per heavy atom. The normalized spacial score (nSPS) is 41.0. The molecular weight excluding hydrogens is 248 g/mol. The Morgan fingerprint density at radius 1 is 1.05 bits per heavy atom. The predicted molar refractivity (Wildman–Crippen MR) is 84.1 cm³/mol. The fourth-order valence-electron chi connectivity index (χ4n) is 4.55. The van der Waals surface area contributed by atoms with Crippen LogP contribution in [-0.4, -0.2) is 86.2 Å². The molecule has 0 aromatic heterocycles. The van der Waals surface area contributed by atoms with Crippen molar-refractivity contribution >= 4 is 0 Å². The molecule has 3 unspecified atom stereocenters. The van der Waals surface area contributed by atoms with Crippen molar-refractivity contribution in [2.45, 2.75) is 56.3 Å². The summed E-state index contributed by atoms with van der Waals surface area (Å²) in [5, 5.41) is 3.53. The second-order valence-electron chi connectivity index (χ2n) is 7.29. The van der Waals surface area contributed by atoms with Crippen LogP contribution in [0, 0.1) is 0 Å². The van der Waals surface area contributed by atoms with Gasteiger partial charge in [0, 0.05) is 50.3 Å². The summed E-state index contributed by atoms with van der Waals surface area (Å²) in [6.07, 6.45) is 7.00. The third-order valence-corrected chi connectivity index (χ3v) is 5.94. The van der Waals surface area contributed by atoms with Crippen LogP contribution in [0.3, 0.4) is 0 Å². The molecule has 0 amide bonds. The van der Waals surface area contributed by atoms with Crippen molar-refractivity contribution in [3.8, 4) is 0 Å². The van der Waals surface area contributed by atoms with E-state index >= 15 is 0 Å². The topological polar surface area (TPSA) is 21.8 Å². The van der Waals surface area contributed by atoms with Crippen LogP contribution in [0.4, 0.5) is 0 Å². The van der Waals surface area contributed by atoms with Gasteiger partial charge in [0.15, 0.2) is 0 Å². The monoisotopic (exact) mass is 280 g/mol. The highest BCUT2D eigenvalue weighted by Gasteiger charge is 2.39. The lowest BCUT2D eigenvalue weighted by Crippen LogP contribution is -2.61. The van der Waals surface area contributed by atoms with E-state index in [1.54, 1.807) is 0 Å². The lowest BCUT2D eigenvalue weighted by Gasteiger charge is -2.51. The van der Waals surface area contributed by atoms with Gasteiger partial charge in [-0.2, -0.15) is 0 Å². The quantitative estimate of drug-likeness (QED) is 0.827. The Labute approximate surface area is 124 Å². The van der Waals surface area contributed by atoms with Crippen LogP contribution in [-0.2, 0) is 0 Å². The molecule has 4 nitrogen and oxygen atoms in total. The van der Waals surface area contributed by atoms with E-state index in [0.29, 0.717) is 0 Å². The SMILES string of the molecule is CNC1CC2CCCC(C1)N2CC1CN(C)CCN1C. The molecule has 0 aromatic carbocycles. The molecule has 2 bridgehead atoms. The number of piperazine rings is 1. The van der Waals surface area contributed by atoms with E-state index < -0.39 is 0 Å². The summed E-state index contributed by atoms with van der Waals surface area (Å²) in [5.74, 6) is 0. The van der Waals surface area contributed by atoms with Gasteiger partial charge in [-0.15, -0.1) is 0 Å². The standard InChI is InChI=1S/C16H32N4/c1-17-13-9-14-5-4-6-15(10-13)20(14)12-16-11-18(2)7-8-19(16)3/h13-17H,4-12H2,1-3H3. The number of rotatable bonds is 3. The first-order valence-electron chi connectivity index (χ1n) is 8.49. The first kappa shape index (κ1) is 14.8. The van der Waals surface area contributed by atoms with Crippen LogP contribution in [0.25, 0.3) is 0 Å². The Bertz CT molecular complexity index is 308. The summed E-state index contributed by atoms with van der Waals surface area (Å²) in [6.45, 7) is 4.97. The van der Waals surface area contributed by atoms with Crippen molar-refractivity contribution in [3.05, 3.63) is 0 Å². The van der Waals surface area contributed by atoms with Crippen LogP contribution in [0.5, 0.6) is 0 Å². The highest BCUT2D eigenvalue weighted by atomic mass is 15.3. The largest absolute Gasteiger partial charge is 0.317 e. The van der Waals surface area contributed by atoms with Crippen molar-refractivity contribution in [1.29, 1.82) is 0 Å². The second kappa shape index (κ2) is 6.30. The van der Waals surface area contributed by atoms with Gasteiger partial charge in [-0.05, 0) is 46.8 Å². The molecule has 4 heteroatoms. The molecule has 1 N–H and O–H groups in total. The Morgan fingerprint density at radius 3 is 2.40 bits per heavy atom. The minimum Gasteiger partial charge on any atom is -0.317 e. The highest BCUT2D eigenvalue weighted by Crippen LogP contribution is 2.34. The van der Waals surface area contributed by atoms with Gasteiger partial charge >= 0.3 is 0 Å². The van der Waals surface area contributed by atoms with E-state index in [-0.39, 0.29) is 0 Å². The van der Waals surface area contributed by atoms with Crippen molar-refractivity contribution in [1.82, 2.24) is 20.0 Å². The zero-order valence-electron chi connectivity index (χ0n) is 13.5. The number of hydrogen-bond acceptors (Lipinski definition) is 4. The summed E-state index contributed by atoms with van der Waals surface area (Å²) < 4.78 is 0. The molecule has 3 atom stereocenters. The van der Waals surface area contributed by atoms with E-state index in [0.717, 1.165) is 24.2 Å². The molecule has 3 aliphatic rings. The van der Waals surface area contributed by atoms with Crippen LogP contribution in [0.1, 0.15) is 32.1 Å². The number of piperidine rings is 2. The van der Waals surface area contributed by atoms with E-state index in [4.69, 9.17) is 0 Å². The van der Waals surface area contributed by atoms with Crippen molar-refractivity contribution in [2.24, 2.45) is 0 Å². The van der Waals surface area contributed by atoms with Crippen LogP contribution in [0.2, 0.25) is 0 Å². The van der Waals surface area contributed by atoms with E-state index in [9.17, 15) is 0 Å². The Balaban J connectivity index is 1.64. The molecular formula is C16H32N4. The lowest BCUT2D eigenvalue weighted by atomic mass is 9.81. The molecule has 3 aliphatic heterocycles. The molecule has 3 saturated heterocycles. The van der Waals surface area contributed by atoms with Gasteiger partial charge < -0.3 is 10.2 Å². The first-order valence-corrected chi connectivity index (χ1v) is 8.49. The van der Waals surface area contributed by atoms with Gasteiger partial charge in [0.1, 0.15) is 0 Å². The molecule has 0 aliphatic carbocycles. The molecule has 3 rings (SSSR count). The Kier molecular flexibility index (Phi) is 4.65. The summed E-state index contributed by atoms with van der Waals surface area (Å²) >= 11 is 0. The van der Waals surface area contributed by atoms with Gasteiger partial charge in [-0.3, -0.25) is 9.80 Å². The van der Waals surface area contributed by atoms with Crippen LogP contribution >= 0.6 is 0 Å². The third kappa shape index (κ3) is 3.03. The average Bonchev–Trinajstić information content (AvgIpc) is 2.42. The second-order valence-corrected chi connectivity index (χ2v) is 7.29. The maximum atomic E-state index is 3.53. The molecule has 20 heavy (non-hydrogen) atoms. The number of fused-ring (bicyclic) bond motifs is 2. The molecule has 0 saturated carbocycles. The lowest BCUT2D eigenvalue weighted by molar-refractivity contribution is -0.00857. The zero-order valence-corrected chi connectivity index (χ0v) is 13.5. The summed E-state index contributed by atoms with van der Waals surface area (Å²) in [5.41, 5.74) is 0. The number of nitrogens with one attached hydrogen (secondary N) is 1. The fourth-order valence-corrected chi connectivity index (χ4v) is 4.55. The molecule has 0 spiro atoms. The summed E-state index contributed by atoms with van der Waals surface area (Å²) in [6, 6.07) is 3.15. The zero-order chi connectivity index (χ0) is 14.1. The average molecular weight is 280 g/mol. The molecule has 3 fully saturated rings. The number of likely N-dealkylation sites (N-methyl/N-ethyl adjacent to an activating group) is 2. The summed E-state index contributed by atoms with van der Waals surface area (Å²) in [4.78, 5) is 7.96. The molecule has 0 radical (unpaired) electrons. The van der Waals surface area contributed by atoms with E-state index in [2.05, 4.69) is 41.2 Å². The van der Waals surface area contributed by atoms with Crippen LogP contribution in [0.15, 0.2) is 0 Å². The van der Waals surface area contributed by atoms with Gasteiger partial charge in [0.05, 0.1) is 0 Å². The van der Waals surface area contributed by atoms with Crippen molar-refractivity contribution in [3.63, 3.8) is 0 Å². The van der Waals surface area contributed by atoms with Gasteiger partial charge in [-0.25, -0.2) is 0 Å². The minimum absolute atomic E-state index is 0.725. The molecule has 116 valence electrons. The van der Waals surface area contributed by atoms with E-state index in [1.807, 2.05) is 0 Å². The van der Waals surface area contributed by atoms with Gasteiger partial charge in [-0.1, -0.05) is 6.42 Å². The fraction of sp³-hybridized carbons (Fsp3) is 1.00. The Hall–Kier alpha value is -0.160. The minimum atomic E-state index is 0.725. The molecule has 3 heterocycles. The van der Waals surface area contributed by atoms with Crippen LogP contribution < -0.4 is 5.32 Å². The van der Waals surface area contributed by atoms with Gasteiger partial charge in [0.25, 0.3) is 0 Å². The van der Waals surface area contributed by atoms with E-state index in [1.165, 1.54) is 58.3 Å². The number of hydrogen-bond donors (Lipinski definition) is 1. The number of nitrogens with zero attached hydrogens (tertiary/aromatic N) is 3. The maximum absolute atomic E-state index is 3.53. The predicted octanol–water partition coefficient (Wildman–Crippen LogP) is 0.837. The smallest absolute Gasteiger partial charge is 0.0348 e. The molecule has 0 aromatic rings. The van der Waals surface area contributed by atoms with Crippen molar-refractivity contribution < 1.29 is 0 Å². The van der Waals surface area contributed by atoms with Gasteiger partial charge in [0.2, 0.25) is 0 Å². The summed E-state index contributed by atoms with van der Waals surface area (Å²) in [7, 11) is 6.72.